The van der Waals surface area contributed by atoms with E-state index in [1.807, 2.05) is 12.4 Å². The second-order valence-corrected chi connectivity index (χ2v) is 6.80. The van der Waals surface area contributed by atoms with Crippen LogP contribution in [0, 0.1) is 17.6 Å². The molecule has 2 nitrogen and oxygen atoms in total. The third-order valence-corrected chi connectivity index (χ3v) is 4.96. The molecule has 0 bridgehead atoms. The lowest BCUT2D eigenvalue weighted by atomic mass is 9.79. The van der Waals surface area contributed by atoms with Gasteiger partial charge in [0.2, 0.25) is 0 Å². The van der Waals surface area contributed by atoms with E-state index in [9.17, 15) is 8.78 Å². The second-order valence-electron chi connectivity index (χ2n) is 6.80. The number of allylic oxidation sites excluding steroid dienone is 2. The molecule has 1 aromatic heterocycles. The quantitative estimate of drug-likeness (QED) is 0.618. The van der Waals surface area contributed by atoms with Gasteiger partial charge in [0.25, 0.3) is 0 Å². The summed E-state index contributed by atoms with van der Waals surface area (Å²) in [5.74, 6) is -0.108. The van der Waals surface area contributed by atoms with Crippen LogP contribution < -0.4 is 0 Å². The van der Waals surface area contributed by atoms with Crippen LogP contribution in [0.2, 0.25) is 0 Å². The highest BCUT2D eigenvalue weighted by Crippen LogP contribution is 2.36. The summed E-state index contributed by atoms with van der Waals surface area (Å²) < 4.78 is 26.4. The topological polar surface area (TPSA) is 25.8 Å². The van der Waals surface area contributed by atoms with E-state index in [-0.39, 0.29) is 0 Å². The standard InChI is InChI=1S/C21H24F2N2/c1-2-3-4-5-15-6-8-16(9-7-15)18-13-24-21(25-14-18)17-10-11-19(22)20(23)12-17/h4-5,10-16H,2-3,6-9H2,1H3/t15-,16-. The molecule has 1 saturated carbocycles. The smallest absolute Gasteiger partial charge is 0.159 e. The zero-order valence-electron chi connectivity index (χ0n) is 14.6. The van der Waals surface area contributed by atoms with E-state index in [1.54, 1.807) is 0 Å². The summed E-state index contributed by atoms with van der Waals surface area (Å²) >= 11 is 0. The van der Waals surface area contributed by atoms with Crippen molar-refractivity contribution in [3.8, 4) is 11.4 Å². The van der Waals surface area contributed by atoms with Crippen LogP contribution in [0.15, 0.2) is 42.7 Å². The van der Waals surface area contributed by atoms with Crippen molar-refractivity contribution in [1.29, 1.82) is 0 Å². The first-order valence-corrected chi connectivity index (χ1v) is 9.11. The summed E-state index contributed by atoms with van der Waals surface area (Å²) in [6.07, 6.45) is 15.4. The fourth-order valence-corrected chi connectivity index (χ4v) is 3.43. The van der Waals surface area contributed by atoms with Crippen LogP contribution in [-0.4, -0.2) is 9.97 Å². The van der Waals surface area contributed by atoms with Crippen molar-refractivity contribution in [1.82, 2.24) is 9.97 Å². The largest absolute Gasteiger partial charge is 0.236 e. The Hall–Kier alpha value is -2.10. The van der Waals surface area contributed by atoms with Gasteiger partial charge in [-0.25, -0.2) is 18.7 Å². The van der Waals surface area contributed by atoms with Crippen molar-refractivity contribution in [2.45, 2.75) is 51.4 Å². The average Bonchev–Trinajstić information content (AvgIpc) is 2.65. The predicted molar refractivity (Wildman–Crippen MR) is 96.1 cm³/mol. The van der Waals surface area contributed by atoms with E-state index in [0.29, 0.717) is 23.2 Å². The first kappa shape index (κ1) is 17.7. The van der Waals surface area contributed by atoms with Crippen molar-refractivity contribution < 1.29 is 8.78 Å². The monoisotopic (exact) mass is 342 g/mol. The second kappa shape index (κ2) is 8.32. The van der Waals surface area contributed by atoms with Gasteiger partial charge in [0.15, 0.2) is 17.5 Å². The zero-order chi connectivity index (χ0) is 17.6. The Morgan fingerprint density at radius 1 is 1.04 bits per heavy atom. The van der Waals surface area contributed by atoms with E-state index < -0.39 is 11.6 Å². The van der Waals surface area contributed by atoms with Crippen molar-refractivity contribution in [2.24, 2.45) is 5.92 Å². The Bertz CT molecular complexity index is 717. The lowest BCUT2D eigenvalue weighted by molar-refractivity contribution is 0.374. The summed E-state index contributed by atoms with van der Waals surface area (Å²) in [6, 6.07) is 3.74. The molecule has 0 saturated heterocycles. The number of hydrogen-bond acceptors (Lipinski definition) is 2. The predicted octanol–water partition coefficient (Wildman–Crippen LogP) is 6.05. The molecule has 132 valence electrons. The Labute approximate surface area is 148 Å². The molecule has 1 fully saturated rings. The first-order valence-electron chi connectivity index (χ1n) is 9.11. The van der Waals surface area contributed by atoms with Crippen LogP contribution in [0.4, 0.5) is 8.78 Å². The molecule has 0 radical (unpaired) electrons. The zero-order valence-corrected chi connectivity index (χ0v) is 14.6. The fourth-order valence-electron chi connectivity index (χ4n) is 3.43. The van der Waals surface area contributed by atoms with Crippen LogP contribution in [-0.2, 0) is 0 Å². The van der Waals surface area contributed by atoms with Gasteiger partial charge in [-0.1, -0.05) is 25.5 Å². The van der Waals surface area contributed by atoms with Gasteiger partial charge in [-0.2, -0.15) is 0 Å². The van der Waals surface area contributed by atoms with Crippen molar-refractivity contribution >= 4 is 0 Å². The lowest BCUT2D eigenvalue weighted by Gasteiger charge is -2.26. The molecule has 0 unspecified atom stereocenters. The maximum Gasteiger partial charge on any atom is 0.159 e. The Morgan fingerprint density at radius 2 is 1.76 bits per heavy atom. The summed E-state index contributed by atoms with van der Waals surface area (Å²) in [5, 5.41) is 0. The number of unbranched alkanes of at least 4 members (excludes halogenated alkanes) is 1. The van der Waals surface area contributed by atoms with Gasteiger partial charge in [-0.05, 0) is 67.7 Å². The Morgan fingerprint density at radius 3 is 2.40 bits per heavy atom. The van der Waals surface area contributed by atoms with E-state index in [1.165, 1.54) is 31.7 Å². The normalized spacial score (nSPS) is 20.9. The molecule has 1 aromatic carbocycles. The molecule has 0 amide bonds. The molecule has 3 rings (SSSR count). The number of aromatic nitrogens is 2. The van der Waals surface area contributed by atoms with Gasteiger partial charge in [0.1, 0.15) is 0 Å². The molecule has 1 aliphatic carbocycles. The van der Waals surface area contributed by atoms with Gasteiger partial charge in [-0.3, -0.25) is 0 Å². The Kier molecular flexibility index (Phi) is 5.90. The summed E-state index contributed by atoms with van der Waals surface area (Å²) in [4.78, 5) is 8.72. The number of rotatable bonds is 5. The molecule has 0 N–H and O–H groups in total. The van der Waals surface area contributed by atoms with Gasteiger partial charge >= 0.3 is 0 Å². The van der Waals surface area contributed by atoms with Gasteiger partial charge in [0, 0.05) is 18.0 Å². The number of nitrogens with zero attached hydrogens (tertiary/aromatic N) is 2. The molecule has 1 heterocycles. The van der Waals surface area contributed by atoms with Crippen LogP contribution in [0.1, 0.15) is 56.9 Å². The molecular weight excluding hydrogens is 318 g/mol. The molecule has 25 heavy (non-hydrogen) atoms. The highest BCUT2D eigenvalue weighted by molar-refractivity contribution is 5.54. The third kappa shape index (κ3) is 4.50. The Balaban J connectivity index is 1.62. The molecule has 0 atom stereocenters. The summed E-state index contributed by atoms with van der Waals surface area (Å²) in [6.45, 7) is 2.20. The molecular formula is C21H24F2N2. The number of halogens is 2. The minimum absolute atomic E-state index is 0.429. The molecule has 2 aromatic rings. The van der Waals surface area contributed by atoms with E-state index in [2.05, 4.69) is 29.0 Å². The van der Waals surface area contributed by atoms with E-state index in [4.69, 9.17) is 0 Å². The van der Waals surface area contributed by atoms with Gasteiger partial charge < -0.3 is 0 Å². The average molecular weight is 342 g/mol. The molecule has 4 heteroatoms. The maximum atomic E-state index is 13.3. The first-order chi connectivity index (χ1) is 12.2. The van der Waals surface area contributed by atoms with Crippen molar-refractivity contribution in [3.63, 3.8) is 0 Å². The highest BCUT2D eigenvalue weighted by atomic mass is 19.2. The van der Waals surface area contributed by atoms with E-state index >= 15 is 0 Å². The SMILES string of the molecule is CCCC=C[C@H]1CC[C@H](c2cnc(-c3ccc(F)c(F)c3)nc2)CC1. The minimum atomic E-state index is -0.875. The fraction of sp³-hybridized carbons (Fsp3) is 0.429. The highest BCUT2D eigenvalue weighted by Gasteiger charge is 2.21. The van der Waals surface area contributed by atoms with Gasteiger partial charge in [0.05, 0.1) is 0 Å². The molecule has 1 aliphatic rings. The van der Waals surface area contributed by atoms with E-state index in [0.717, 1.165) is 30.5 Å². The van der Waals surface area contributed by atoms with Crippen molar-refractivity contribution in [3.05, 3.63) is 59.9 Å². The van der Waals surface area contributed by atoms with Crippen LogP contribution in [0.5, 0.6) is 0 Å². The van der Waals surface area contributed by atoms with Crippen LogP contribution in [0.25, 0.3) is 11.4 Å². The van der Waals surface area contributed by atoms with Crippen LogP contribution in [0.3, 0.4) is 0 Å². The number of benzene rings is 1. The molecule has 0 aliphatic heterocycles. The summed E-state index contributed by atoms with van der Waals surface area (Å²) in [5.41, 5.74) is 1.64. The van der Waals surface area contributed by atoms with Gasteiger partial charge in [-0.15, -0.1) is 0 Å². The van der Waals surface area contributed by atoms with Crippen molar-refractivity contribution in [2.75, 3.05) is 0 Å². The number of hydrogen-bond donors (Lipinski definition) is 0. The lowest BCUT2D eigenvalue weighted by Crippen LogP contribution is -2.12. The summed E-state index contributed by atoms with van der Waals surface area (Å²) in [7, 11) is 0. The minimum Gasteiger partial charge on any atom is -0.236 e. The van der Waals surface area contributed by atoms with Crippen LogP contribution >= 0.6 is 0 Å². The maximum absolute atomic E-state index is 13.3. The molecule has 0 spiro atoms. The third-order valence-electron chi connectivity index (χ3n) is 4.96.